The number of hydrogen-bond acceptors (Lipinski definition) is 5. The molecule has 1 aromatic heterocycles. The first-order chi connectivity index (χ1) is 11.0. The lowest BCUT2D eigenvalue weighted by atomic mass is 10.1. The van der Waals surface area contributed by atoms with Gasteiger partial charge in [0.15, 0.2) is 0 Å². The highest BCUT2D eigenvalue weighted by Gasteiger charge is 2.24. The Labute approximate surface area is 136 Å². The van der Waals surface area contributed by atoms with Crippen molar-refractivity contribution in [2.75, 3.05) is 46.9 Å². The minimum atomic E-state index is -0.250. The summed E-state index contributed by atoms with van der Waals surface area (Å²) in [7, 11) is 4.09. The predicted molar refractivity (Wildman–Crippen MR) is 86.4 cm³/mol. The molecule has 1 aliphatic heterocycles. The van der Waals surface area contributed by atoms with Crippen molar-refractivity contribution < 1.29 is 19.4 Å². The molecule has 1 atom stereocenters. The summed E-state index contributed by atoms with van der Waals surface area (Å²) in [5.74, 6) is 0.442. The van der Waals surface area contributed by atoms with Crippen molar-refractivity contribution >= 4 is 12.4 Å². The fraction of sp³-hybridized carbons (Fsp3) is 0.562. The lowest BCUT2D eigenvalue weighted by Gasteiger charge is -2.25. The lowest BCUT2D eigenvalue weighted by Crippen LogP contribution is -2.39. The molecular weight excluding hydrogens is 298 g/mol. The van der Waals surface area contributed by atoms with Gasteiger partial charge in [-0.25, -0.2) is 0 Å². The number of ether oxygens (including phenoxy) is 1. The number of aromatic nitrogens is 1. The van der Waals surface area contributed by atoms with Crippen LogP contribution >= 0.6 is 0 Å². The second-order valence-corrected chi connectivity index (χ2v) is 5.75. The standard InChI is InChI=1S/C15H23N3O2.CH2O2/c1-12-8-16-5-4-14(12)15(19)18-6-7-20-11-13(10-18)9-17(2)3;2-1-3/h4-5,8,13H,6-7,9-11H2,1-3H3;1H,(H,2,3). The first-order valence-corrected chi connectivity index (χ1v) is 7.49. The highest BCUT2D eigenvalue weighted by molar-refractivity contribution is 5.95. The summed E-state index contributed by atoms with van der Waals surface area (Å²) in [6.45, 7) is 5.34. The van der Waals surface area contributed by atoms with Crippen LogP contribution in [0.1, 0.15) is 15.9 Å². The topological polar surface area (TPSA) is 83.0 Å². The summed E-state index contributed by atoms with van der Waals surface area (Å²) in [5.41, 5.74) is 1.66. The fourth-order valence-electron chi connectivity index (χ4n) is 2.58. The highest BCUT2D eigenvalue weighted by Crippen LogP contribution is 2.14. The molecule has 1 saturated heterocycles. The molecule has 7 nitrogen and oxygen atoms in total. The van der Waals surface area contributed by atoms with Gasteiger partial charge in [0.25, 0.3) is 12.4 Å². The number of carboxylic acid groups (broad SMARTS) is 1. The van der Waals surface area contributed by atoms with Crippen molar-refractivity contribution in [2.24, 2.45) is 5.92 Å². The van der Waals surface area contributed by atoms with E-state index in [0.29, 0.717) is 19.1 Å². The summed E-state index contributed by atoms with van der Waals surface area (Å²) in [6.07, 6.45) is 3.41. The third kappa shape index (κ3) is 6.33. The molecule has 2 rings (SSSR count). The third-order valence-corrected chi connectivity index (χ3v) is 3.50. The van der Waals surface area contributed by atoms with Gasteiger partial charge in [-0.15, -0.1) is 0 Å². The van der Waals surface area contributed by atoms with E-state index in [9.17, 15) is 4.79 Å². The summed E-state index contributed by atoms with van der Waals surface area (Å²) in [6, 6.07) is 1.80. The van der Waals surface area contributed by atoms with Crippen LogP contribution in [0.25, 0.3) is 0 Å². The van der Waals surface area contributed by atoms with Gasteiger partial charge in [-0.3, -0.25) is 14.6 Å². The van der Waals surface area contributed by atoms with Crippen molar-refractivity contribution in [1.82, 2.24) is 14.8 Å². The lowest BCUT2D eigenvalue weighted by molar-refractivity contribution is -0.122. The smallest absolute Gasteiger partial charge is 0.290 e. The molecule has 0 aliphatic carbocycles. The first kappa shape index (κ1) is 19.1. The molecule has 0 bridgehead atoms. The van der Waals surface area contributed by atoms with Gasteiger partial charge in [-0.1, -0.05) is 0 Å². The number of rotatable bonds is 3. The maximum Gasteiger partial charge on any atom is 0.290 e. The van der Waals surface area contributed by atoms with Crippen molar-refractivity contribution in [3.8, 4) is 0 Å². The van der Waals surface area contributed by atoms with Gasteiger partial charge in [0.2, 0.25) is 0 Å². The van der Waals surface area contributed by atoms with E-state index in [2.05, 4.69) is 9.88 Å². The molecule has 23 heavy (non-hydrogen) atoms. The van der Waals surface area contributed by atoms with Crippen LogP contribution in [0.5, 0.6) is 0 Å². The van der Waals surface area contributed by atoms with Gasteiger partial charge in [0, 0.05) is 43.5 Å². The first-order valence-electron chi connectivity index (χ1n) is 7.49. The minimum Gasteiger partial charge on any atom is -0.483 e. The number of pyridine rings is 1. The van der Waals surface area contributed by atoms with Gasteiger partial charge in [0.05, 0.1) is 13.2 Å². The van der Waals surface area contributed by atoms with Crippen LogP contribution in [0.3, 0.4) is 0 Å². The van der Waals surface area contributed by atoms with Crippen LogP contribution in [0.2, 0.25) is 0 Å². The van der Waals surface area contributed by atoms with Crippen molar-refractivity contribution in [2.45, 2.75) is 6.92 Å². The zero-order valence-corrected chi connectivity index (χ0v) is 13.9. The molecule has 0 spiro atoms. The summed E-state index contributed by atoms with van der Waals surface area (Å²) >= 11 is 0. The van der Waals surface area contributed by atoms with Crippen LogP contribution in [0, 0.1) is 12.8 Å². The largest absolute Gasteiger partial charge is 0.483 e. The molecule has 0 saturated carbocycles. The number of nitrogens with zero attached hydrogens (tertiary/aromatic N) is 3. The number of carbonyl (C=O) groups is 2. The van der Waals surface area contributed by atoms with Crippen molar-refractivity contribution in [3.63, 3.8) is 0 Å². The number of carbonyl (C=O) groups excluding carboxylic acids is 1. The Kier molecular flexibility index (Phi) is 8.21. The normalized spacial score (nSPS) is 17.9. The van der Waals surface area contributed by atoms with Crippen LogP contribution in [-0.2, 0) is 9.53 Å². The van der Waals surface area contributed by atoms with Gasteiger partial charge in [-0.2, -0.15) is 0 Å². The SMILES string of the molecule is Cc1cnccc1C(=O)N1CCOCC(CN(C)C)C1.O=CO. The van der Waals surface area contributed by atoms with E-state index in [1.807, 2.05) is 25.9 Å². The molecule has 2 heterocycles. The molecule has 1 N–H and O–H groups in total. The Hall–Kier alpha value is -1.99. The monoisotopic (exact) mass is 323 g/mol. The molecule has 128 valence electrons. The Balaban J connectivity index is 0.000000816. The molecule has 1 fully saturated rings. The van der Waals surface area contributed by atoms with E-state index >= 15 is 0 Å². The molecule has 1 aromatic rings. The van der Waals surface area contributed by atoms with E-state index in [0.717, 1.165) is 30.8 Å². The van der Waals surface area contributed by atoms with Gasteiger partial charge >= 0.3 is 0 Å². The van der Waals surface area contributed by atoms with Crippen molar-refractivity contribution in [3.05, 3.63) is 29.6 Å². The Bertz CT molecular complexity index is 508. The molecule has 1 amide bonds. The number of aryl methyl sites for hydroxylation is 1. The number of amides is 1. The van der Waals surface area contributed by atoms with Crippen molar-refractivity contribution in [1.29, 1.82) is 0 Å². The molecule has 1 aliphatic rings. The maximum atomic E-state index is 12.6. The second-order valence-electron chi connectivity index (χ2n) is 5.75. The predicted octanol–water partition coefficient (Wildman–Crippen LogP) is 0.741. The second kappa shape index (κ2) is 9.91. The van der Waals surface area contributed by atoms with Gasteiger partial charge in [0.1, 0.15) is 0 Å². The van der Waals surface area contributed by atoms with Crippen LogP contribution in [0.15, 0.2) is 18.5 Å². The van der Waals surface area contributed by atoms with E-state index in [4.69, 9.17) is 14.6 Å². The molecule has 1 unspecified atom stereocenters. The highest BCUT2D eigenvalue weighted by atomic mass is 16.5. The molecular formula is C16H25N3O4. The average molecular weight is 323 g/mol. The summed E-state index contributed by atoms with van der Waals surface area (Å²) in [4.78, 5) is 29.1. The Morgan fingerprint density at radius 2 is 2.26 bits per heavy atom. The van der Waals surface area contributed by atoms with Gasteiger partial charge < -0.3 is 19.6 Å². The molecule has 0 radical (unpaired) electrons. The van der Waals surface area contributed by atoms with E-state index < -0.39 is 0 Å². The van der Waals surface area contributed by atoms with Gasteiger partial charge in [-0.05, 0) is 32.6 Å². The van der Waals surface area contributed by atoms with Crippen LogP contribution in [-0.4, -0.2) is 79.2 Å². The fourth-order valence-corrected chi connectivity index (χ4v) is 2.58. The minimum absolute atomic E-state index is 0.0826. The van der Waals surface area contributed by atoms with E-state index in [-0.39, 0.29) is 12.4 Å². The maximum absolute atomic E-state index is 12.6. The molecule has 0 aromatic carbocycles. The van der Waals surface area contributed by atoms with E-state index in [1.54, 1.807) is 18.5 Å². The summed E-state index contributed by atoms with van der Waals surface area (Å²) in [5, 5.41) is 6.89. The Morgan fingerprint density at radius 1 is 1.57 bits per heavy atom. The van der Waals surface area contributed by atoms with E-state index in [1.165, 1.54) is 0 Å². The zero-order valence-electron chi connectivity index (χ0n) is 13.9. The van der Waals surface area contributed by atoms with Crippen LogP contribution < -0.4 is 0 Å². The summed E-state index contributed by atoms with van der Waals surface area (Å²) < 4.78 is 5.62. The van der Waals surface area contributed by atoms with Crippen LogP contribution in [0.4, 0.5) is 0 Å². The third-order valence-electron chi connectivity index (χ3n) is 3.50. The quantitative estimate of drug-likeness (QED) is 0.826. The molecule has 7 heteroatoms. The Morgan fingerprint density at radius 3 is 2.87 bits per heavy atom. The average Bonchev–Trinajstić information content (AvgIpc) is 2.73. The zero-order chi connectivity index (χ0) is 17.2. The number of hydrogen-bond donors (Lipinski definition) is 1.